The summed E-state index contributed by atoms with van der Waals surface area (Å²) >= 11 is 0. The number of carbonyl (C=O) groups is 1. The van der Waals surface area contributed by atoms with Crippen molar-refractivity contribution in [1.29, 1.82) is 0 Å². The van der Waals surface area contributed by atoms with Gasteiger partial charge in [0, 0.05) is 19.3 Å². The van der Waals surface area contributed by atoms with Crippen molar-refractivity contribution in [2.75, 3.05) is 13.1 Å². The monoisotopic (exact) mass is 230 g/mol. The molecule has 0 aromatic heterocycles. The van der Waals surface area contributed by atoms with E-state index < -0.39 is 0 Å². The molecular weight excluding hydrogens is 212 g/mol. The van der Waals surface area contributed by atoms with Gasteiger partial charge in [0.2, 0.25) is 0 Å². The molecule has 0 bridgehead atoms. The molecule has 0 spiro atoms. The van der Waals surface area contributed by atoms with E-state index in [0.29, 0.717) is 0 Å². The van der Waals surface area contributed by atoms with Gasteiger partial charge in [-0.1, -0.05) is 29.8 Å². The second-order valence-corrected chi connectivity index (χ2v) is 4.39. The van der Waals surface area contributed by atoms with E-state index in [-0.39, 0.29) is 6.03 Å². The fourth-order valence-electron chi connectivity index (χ4n) is 1.90. The predicted molar refractivity (Wildman–Crippen MR) is 69.6 cm³/mol. The van der Waals surface area contributed by atoms with Gasteiger partial charge in [-0.05, 0) is 31.4 Å². The Balaban J connectivity index is 1.84. The maximum atomic E-state index is 11.7. The third kappa shape index (κ3) is 3.34. The van der Waals surface area contributed by atoms with Gasteiger partial charge in [0.05, 0.1) is 0 Å². The Bertz CT molecular complexity index is 403. The molecule has 0 atom stereocenters. The van der Waals surface area contributed by atoms with Gasteiger partial charge in [-0.15, -0.1) is 0 Å². The molecule has 1 aliphatic rings. The number of benzene rings is 1. The first-order valence-electron chi connectivity index (χ1n) is 6.04. The maximum Gasteiger partial charge on any atom is 0.321 e. The summed E-state index contributed by atoms with van der Waals surface area (Å²) in [6.45, 7) is 3.82. The van der Waals surface area contributed by atoms with Crippen LogP contribution in [0.3, 0.4) is 0 Å². The van der Waals surface area contributed by atoms with Gasteiger partial charge in [0.1, 0.15) is 0 Å². The minimum Gasteiger partial charge on any atom is -0.325 e. The van der Waals surface area contributed by atoms with Crippen molar-refractivity contribution in [3.05, 3.63) is 41.6 Å². The van der Waals surface area contributed by atoms with Gasteiger partial charge in [-0.2, -0.15) is 0 Å². The number of hydrogen-bond donors (Lipinski definition) is 1. The van der Waals surface area contributed by atoms with Gasteiger partial charge >= 0.3 is 6.03 Å². The first-order valence-corrected chi connectivity index (χ1v) is 6.04. The molecule has 3 heteroatoms. The molecule has 0 saturated carbocycles. The van der Waals surface area contributed by atoms with Crippen LogP contribution in [0.2, 0.25) is 0 Å². The van der Waals surface area contributed by atoms with E-state index in [1.165, 1.54) is 5.56 Å². The van der Waals surface area contributed by atoms with Gasteiger partial charge in [0.15, 0.2) is 0 Å². The highest BCUT2D eigenvalue weighted by molar-refractivity contribution is 5.76. The summed E-state index contributed by atoms with van der Waals surface area (Å²) in [7, 11) is 0. The Morgan fingerprint density at radius 2 is 1.88 bits per heavy atom. The van der Waals surface area contributed by atoms with E-state index >= 15 is 0 Å². The van der Waals surface area contributed by atoms with Crippen LogP contribution >= 0.6 is 0 Å². The van der Waals surface area contributed by atoms with Gasteiger partial charge in [-0.25, -0.2) is 4.79 Å². The zero-order chi connectivity index (χ0) is 12.1. The normalized spacial score (nSPS) is 15.5. The van der Waals surface area contributed by atoms with Crippen molar-refractivity contribution in [1.82, 2.24) is 10.2 Å². The van der Waals surface area contributed by atoms with Crippen LogP contribution < -0.4 is 5.32 Å². The van der Waals surface area contributed by atoms with Crippen molar-refractivity contribution in [2.24, 2.45) is 0 Å². The van der Waals surface area contributed by atoms with Crippen molar-refractivity contribution < 1.29 is 4.79 Å². The zero-order valence-corrected chi connectivity index (χ0v) is 10.1. The van der Waals surface area contributed by atoms with Gasteiger partial charge < -0.3 is 10.2 Å². The molecule has 90 valence electrons. The number of nitrogens with one attached hydrogen (secondary N) is 1. The topological polar surface area (TPSA) is 32.3 Å². The van der Waals surface area contributed by atoms with Crippen LogP contribution in [-0.2, 0) is 0 Å². The summed E-state index contributed by atoms with van der Waals surface area (Å²) in [5, 5.41) is 2.79. The smallest absolute Gasteiger partial charge is 0.321 e. The van der Waals surface area contributed by atoms with Gasteiger partial charge in [-0.3, -0.25) is 0 Å². The van der Waals surface area contributed by atoms with Crippen LogP contribution in [0.5, 0.6) is 0 Å². The second kappa shape index (κ2) is 5.53. The first kappa shape index (κ1) is 11.7. The summed E-state index contributed by atoms with van der Waals surface area (Å²) < 4.78 is 0. The Kier molecular flexibility index (Phi) is 3.81. The Morgan fingerprint density at radius 3 is 2.53 bits per heavy atom. The van der Waals surface area contributed by atoms with E-state index in [1.807, 2.05) is 23.1 Å². The number of hydrogen-bond acceptors (Lipinski definition) is 1. The standard InChI is InChI=1S/C14H18N2O/c1-12-4-6-13(7-5-12)8-9-15-14(17)16-10-2-3-11-16/h4-9H,2-3,10-11H2,1H3,(H,15,17)/b9-8+. The zero-order valence-electron chi connectivity index (χ0n) is 10.1. The Hall–Kier alpha value is -1.77. The lowest BCUT2D eigenvalue weighted by molar-refractivity contribution is 0.212. The molecule has 1 N–H and O–H groups in total. The maximum absolute atomic E-state index is 11.7. The van der Waals surface area contributed by atoms with Crippen LogP contribution in [0.4, 0.5) is 4.79 Å². The lowest BCUT2D eigenvalue weighted by Crippen LogP contribution is -2.34. The lowest BCUT2D eigenvalue weighted by atomic mass is 10.1. The summed E-state index contributed by atoms with van der Waals surface area (Å²) in [4.78, 5) is 13.5. The molecule has 0 radical (unpaired) electrons. The number of nitrogens with zero attached hydrogens (tertiary/aromatic N) is 1. The highest BCUT2D eigenvalue weighted by atomic mass is 16.2. The van der Waals surface area contributed by atoms with E-state index in [2.05, 4.69) is 24.4 Å². The quantitative estimate of drug-likeness (QED) is 0.832. The first-order chi connectivity index (χ1) is 8.25. The molecular formula is C14H18N2O. The molecule has 0 unspecified atom stereocenters. The van der Waals surface area contributed by atoms with Crippen molar-refractivity contribution >= 4 is 12.1 Å². The van der Waals surface area contributed by atoms with Crippen LogP contribution in [0, 0.1) is 6.92 Å². The molecule has 17 heavy (non-hydrogen) atoms. The molecule has 1 aromatic carbocycles. The Morgan fingerprint density at radius 1 is 1.24 bits per heavy atom. The fraction of sp³-hybridized carbons (Fsp3) is 0.357. The largest absolute Gasteiger partial charge is 0.325 e. The third-order valence-electron chi connectivity index (χ3n) is 2.95. The average Bonchev–Trinajstić information content (AvgIpc) is 2.85. The average molecular weight is 230 g/mol. The number of aryl methyl sites for hydroxylation is 1. The molecule has 0 aliphatic carbocycles. The molecule has 2 rings (SSSR count). The van der Waals surface area contributed by atoms with Crippen LogP contribution in [0.1, 0.15) is 24.0 Å². The minimum absolute atomic E-state index is 0.00543. The third-order valence-corrected chi connectivity index (χ3v) is 2.95. The number of urea groups is 1. The summed E-state index contributed by atoms with van der Waals surface area (Å²) in [5.74, 6) is 0. The fourth-order valence-corrected chi connectivity index (χ4v) is 1.90. The van der Waals surface area contributed by atoms with Crippen LogP contribution in [-0.4, -0.2) is 24.0 Å². The molecule has 3 nitrogen and oxygen atoms in total. The number of likely N-dealkylation sites (tertiary alicyclic amines) is 1. The Labute approximate surface area is 102 Å². The molecule has 2 amide bonds. The summed E-state index contributed by atoms with van der Waals surface area (Å²) in [5.41, 5.74) is 2.33. The SMILES string of the molecule is Cc1ccc(/C=C/NC(=O)N2CCCC2)cc1. The van der Waals surface area contributed by atoms with Crippen LogP contribution in [0.25, 0.3) is 6.08 Å². The highest BCUT2D eigenvalue weighted by Gasteiger charge is 2.15. The van der Waals surface area contributed by atoms with E-state index in [1.54, 1.807) is 6.20 Å². The predicted octanol–water partition coefficient (Wildman–Crippen LogP) is 2.77. The van der Waals surface area contributed by atoms with Crippen LogP contribution in [0.15, 0.2) is 30.5 Å². The molecule has 1 aliphatic heterocycles. The van der Waals surface area contributed by atoms with Gasteiger partial charge in [0.25, 0.3) is 0 Å². The molecule has 1 saturated heterocycles. The summed E-state index contributed by atoms with van der Waals surface area (Å²) in [6, 6.07) is 8.19. The van der Waals surface area contributed by atoms with E-state index in [9.17, 15) is 4.79 Å². The van der Waals surface area contributed by atoms with Crippen molar-refractivity contribution in [3.63, 3.8) is 0 Å². The molecule has 1 fully saturated rings. The van der Waals surface area contributed by atoms with Crippen molar-refractivity contribution in [3.8, 4) is 0 Å². The van der Waals surface area contributed by atoms with E-state index in [4.69, 9.17) is 0 Å². The van der Waals surface area contributed by atoms with E-state index in [0.717, 1.165) is 31.5 Å². The lowest BCUT2D eigenvalue weighted by Gasteiger charge is -2.13. The minimum atomic E-state index is 0.00543. The number of rotatable bonds is 2. The molecule has 1 heterocycles. The molecule has 1 aromatic rings. The summed E-state index contributed by atoms with van der Waals surface area (Å²) in [6.07, 6.45) is 5.86. The highest BCUT2D eigenvalue weighted by Crippen LogP contribution is 2.07. The second-order valence-electron chi connectivity index (χ2n) is 4.39. The number of carbonyl (C=O) groups excluding carboxylic acids is 1. The van der Waals surface area contributed by atoms with Crippen molar-refractivity contribution in [2.45, 2.75) is 19.8 Å². The number of amides is 2.